The molecule has 2 rings (SSSR count). The van der Waals surface area contributed by atoms with Gasteiger partial charge in [0.25, 0.3) is 5.69 Å². The lowest BCUT2D eigenvalue weighted by molar-refractivity contribution is -0.384. The molecule has 0 aromatic heterocycles. The first-order valence-corrected chi connectivity index (χ1v) is 5.62. The lowest BCUT2D eigenvalue weighted by atomic mass is 9.98. The summed E-state index contributed by atoms with van der Waals surface area (Å²) in [7, 11) is 0. The van der Waals surface area contributed by atoms with Crippen LogP contribution in [0.3, 0.4) is 0 Å². The molecule has 0 atom stereocenters. The lowest BCUT2D eigenvalue weighted by Gasteiger charge is -2.27. The van der Waals surface area contributed by atoms with Crippen LogP contribution in [0.1, 0.15) is 26.7 Å². The van der Waals surface area contributed by atoms with Crippen LogP contribution in [-0.2, 0) is 0 Å². The Kier molecular flexibility index (Phi) is 2.77. The number of hydrogen-bond donors (Lipinski definition) is 1. The Morgan fingerprint density at radius 1 is 1.47 bits per heavy atom. The Balaban J connectivity index is 2.28. The van der Waals surface area contributed by atoms with E-state index in [-0.39, 0.29) is 11.2 Å². The Bertz CT molecular complexity index is 456. The molecule has 17 heavy (non-hydrogen) atoms. The number of nitro groups is 1. The Morgan fingerprint density at radius 2 is 2.12 bits per heavy atom. The highest BCUT2D eigenvalue weighted by atomic mass is 19.1. The molecule has 1 aliphatic carbocycles. The maximum Gasteiger partial charge on any atom is 0.295 e. The number of rotatable bonds is 4. The summed E-state index contributed by atoms with van der Waals surface area (Å²) in [4.78, 5) is 10.3. The summed E-state index contributed by atoms with van der Waals surface area (Å²) in [6.07, 6.45) is 2.27. The number of halogens is 1. The van der Waals surface area contributed by atoms with E-state index in [2.05, 4.69) is 5.32 Å². The maximum atomic E-state index is 13.0. The molecular weight excluding hydrogens is 223 g/mol. The quantitative estimate of drug-likeness (QED) is 0.646. The van der Waals surface area contributed by atoms with E-state index in [1.165, 1.54) is 12.1 Å². The molecule has 92 valence electrons. The molecule has 1 aromatic rings. The van der Waals surface area contributed by atoms with Gasteiger partial charge in [-0.2, -0.15) is 0 Å². The number of benzene rings is 1. The predicted molar refractivity (Wildman–Crippen MR) is 63.5 cm³/mol. The average Bonchev–Trinajstić information content (AvgIpc) is 3.03. The van der Waals surface area contributed by atoms with Crippen LogP contribution in [0.15, 0.2) is 18.2 Å². The summed E-state index contributed by atoms with van der Waals surface area (Å²) in [6.45, 7) is 4.02. The molecule has 1 saturated carbocycles. The summed E-state index contributed by atoms with van der Waals surface area (Å²) in [6, 6.07) is 3.61. The van der Waals surface area contributed by atoms with Gasteiger partial charge in [-0.05, 0) is 44.7 Å². The topological polar surface area (TPSA) is 55.2 Å². The predicted octanol–water partition coefficient (Wildman–Crippen LogP) is 3.33. The first-order chi connectivity index (χ1) is 7.90. The van der Waals surface area contributed by atoms with Gasteiger partial charge in [-0.25, -0.2) is 4.39 Å². The monoisotopic (exact) mass is 238 g/mol. The van der Waals surface area contributed by atoms with E-state index < -0.39 is 10.7 Å². The van der Waals surface area contributed by atoms with Gasteiger partial charge in [0.2, 0.25) is 0 Å². The van der Waals surface area contributed by atoms with Crippen molar-refractivity contribution in [3.05, 3.63) is 34.1 Å². The van der Waals surface area contributed by atoms with Crippen LogP contribution in [0.2, 0.25) is 0 Å². The SMILES string of the molecule is CC(C)(Nc1ccc(F)cc1[N+](=O)[O-])C1CC1. The minimum atomic E-state index is -0.591. The van der Waals surface area contributed by atoms with Gasteiger partial charge in [0.05, 0.1) is 11.0 Å². The van der Waals surface area contributed by atoms with Gasteiger partial charge in [-0.3, -0.25) is 10.1 Å². The second-order valence-electron chi connectivity index (χ2n) is 5.04. The molecule has 0 radical (unpaired) electrons. The van der Waals surface area contributed by atoms with Crippen molar-refractivity contribution in [2.45, 2.75) is 32.2 Å². The van der Waals surface area contributed by atoms with Gasteiger partial charge in [-0.15, -0.1) is 0 Å². The van der Waals surface area contributed by atoms with Crippen molar-refractivity contribution in [2.75, 3.05) is 5.32 Å². The molecule has 0 spiro atoms. The van der Waals surface area contributed by atoms with Gasteiger partial charge in [0, 0.05) is 5.54 Å². The summed E-state index contributed by atoms with van der Waals surface area (Å²) < 4.78 is 13.0. The van der Waals surface area contributed by atoms with Gasteiger partial charge in [0.1, 0.15) is 11.5 Å². The number of anilines is 1. The normalized spacial score (nSPS) is 15.7. The van der Waals surface area contributed by atoms with Crippen LogP contribution in [0.5, 0.6) is 0 Å². The van der Waals surface area contributed by atoms with Crippen LogP contribution >= 0.6 is 0 Å². The molecular formula is C12H15FN2O2. The van der Waals surface area contributed by atoms with Gasteiger partial charge in [-0.1, -0.05) is 0 Å². The zero-order valence-electron chi connectivity index (χ0n) is 9.87. The van der Waals surface area contributed by atoms with Crippen LogP contribution in [-0.4, -0.2) is 10.5 Å². The zero-order valence-corrected chi connectivity index (χ0v) is 9.87. The van der Waals surface area contributed by atoms with E-state index in [1.54, 1.807) is 0 Å². The van der Waals surface area contributed by atoms with Crippen LogP contribution in [0, 0.1) is 21.8 Å². The first-order valence-electron chi connectivity index (χ1n) is 5.62. The molecule has 0 heterocycles. The second-order valence-corrected chi connectivity index (χ2v) is 5.04. The molecule has 0 unspecified atom stereocenters. The van der Waals surface area contributed by atoms with Gasteiger partial charge >= 0.3 is 0 Å². The molecule has 1 aromatic carbocycles. The van der Waals surface area contributed by atoms with E-state index in [1.807, 2.05) is 13.8 Å². The fourth-order valence-corrected chi connectivity index (χ4v) is 2.02. The van der Waals surface area contributed by atoms with Crippen molar-refractivity contribution in [1.82, 2.24) is 0 Å². The number of nitro benzene ring substituents is 1. The van der Waals surface area contributed by atoms with E-state index >= 15 is 0 Å². The number of nitrogens with zero attached hydrogens (tertiary/aromatic N) is 1. The summed E-state index contributed by atoms with van der Waals surface area (Å²) in [5.74, 6) is -0.0568. The maximum absolute atomic E-state index is 13.0. The molecule has 0 bridgehead atoms. The fraction of sp³-hybridized carbons (Fsp3) is 0.500. The minimum Gasteiger partial charge on any atom is -0.374 e. The molecule has 4 nitrogen and oxygen atoms in total. The minimum absolute atomic E-state index is 0.192. The molecule has 0 saturated heterocycles. The van der Waals surface area contributed by atoms with Gasteiger partial charge in [0.15, 0.2) is 0 Å². The Morgan fingerprint density at radius 3 is 2.65 bits per heavy atom. The van der Waals surface area contributed by atoms with Crippen LogP contribution in [0.25, 0.3) is 0 Å². The van der Waals surface area contributed by atoms with E-state index in [0.717, 1.165) is 18.9 Å². The van der Waals surface area contributed by atoms with E-state index in [0.29, 0.717) is 11.6 Å². The molecule has 1 fully saturated rings. The summed E-state index contributed by atoms with van der Waals surface area (Å²) in [5, 5.41) is 14.0. The standard InChI is InChI=1S/C12H15FN2O2/c1-12(2,8-3-4-8)14-10-6-5-9(13)7-11(10)15(16)17/h5-8,14H,3-4H2,1-2H3. The van der Waals surface area contributed by atoms with Crippen molar-refractivity contribution < 1.29 is 9.31 Å². The Hall–Kier alpha value is -1.65. The fourth-order valence-electron chi connectivity index (χ4n) is 2.02. The number of hydrogen-bond acceptors (Lipinski definition) is 3. The largest absolute Gasteiger partial charge is 0.374 e. The van der Waals surface area contributed by atoms with Crippen molar-refractivity contribution in [2.24, 2.45) is 5.92 Å². The van der Waals surface area contributed by atoms with Crippen molar-refractivity contribution in [3.8, 4) is 0 Å². The smallest absolute Gasteiger partial charge is 0.295 e. The molecule has 1 aliphatic rings. The third kappa shape index (κ3) is 2.54. The summed E-state index contributed by atoms with van der Waals surface area (Å²) in [5.41, 5.74) is -0.0187. The zero-order chi connectivity index (χ0) is 12.6. The Labute approximate surface area is 99.0 Å². The number of nitrogens with one attached hydrogen (secondary N) is 1. The highest BCUT2D eigenvalue weighted by Crippen LogP contribution is 2.42. The first kappa shape index (κ1) is 11.8. The molecule has 0 aliphatic heterocycles. The molecule has 1 N–H and O–H groups in total. The lowest BCUT2D eigenvalue weighted by Crippen LogP contribution is -2.33. The van der Waals surface area contributed by atoms with E-state index in [9.17, 15) is 14.5 Å². The third-order valence-corrected chi connectivity index (χ3v) is 3.21. The summed E-state index contributed by atoms with van der Waals surface area (Å²) >= 11 is 0. The van der Waals surface area contributed by atoms with Crippen molar-refractivity contribution in [1.29, 1.82) is 0 Å². The van der Waals surface area contributed by atoms with Crippen LogP contribution in [0.4, 0.5) is 15.8 Å². The van der Waals surface area contributed by atoms with E-state index in [4.69, 9.17) is 0 Å². The van der Waals surface area contributed by atoms with Crippen molar-refractivity contribution >= 4 is 11.4 Å². The van der Waals surface area contributed by atoms with Gasteiger partial charge < -0.3 is 5.32 Å². The third-order valence-electron chi connectivity index (χ3n) is 3.21. The van der Waals surface area contributed by atoms with Crippen molar-refractivity contribution in [3.63, 3.8) is 0 Å². The molecule has 5 heteroatoms. The molecule has 0 amide bonds. The average molecular weight is 238 g/mol. The van der Waals surface area contributed by atoms with Crippen LogP contribution < -0.4 is 5.32 Å². The highest BCUT2D eigenvalue weighted by molar-refractivity contribution is 5.62. The second kappa shape index (κ2) is 3.98. The highest BCUT2D eigenvalue weighted by Gasteiger charge is 2.38.